The summed E-state index contributed by atoms with van der Waals surface area (Å²) in [6.45, 7) is 7.67. The molecule has 0 aliphatic carbocycles. The van der Waals surface area contributed by atoms with Gasteiger partial charge in [0.25, 0.3) is 10.0 Å². The highest BCUT2D eigenvalue weighted by atomic mass is 35.5. The molecule has 0 atom stereocenters. The molecule has 0 spiro atoms. The largest absolute Gasteiger partial charge is 0.275 e. The highest BCUT2D eigenvalue weighted by molar-refractivity contribution is 7.95. The van der Waals surface area contributed by atoms with Gasteiger partial charge in [-0.25, -0.2) is 18.4 Å². The summed E-state index contributed by atoms with van der Waals surface area (Å²) >= 11 is 7.93. The van der Waals surface area contributed by atoms with Crippen molar-refractivity contribution in [2.75, 3.05) is 4.72 Å². The number of aryl methyl sites for hydroxylation is 1. The van der Waals surface area contributed by atoms with Crippen LogP contribution in [0.4, 0.5) is 5.13 Å². The lowest BCUT2D eigenvalue weighted by Gasteiger charge is -2.14. The maximum absolute atomic E-state index is 12.3. The molecule has 0 fully saturated rings. The molecule has 0 aliphatic heterocycles. The quantitative estimate of drug-likeness (QED) is 0.915. The Kier molecular flexibility index (Phi) is 4.12. The second-order valence-corrected chi connectivity index (χ2v) is 9.55. The summed E-state index contributed by atoms with van der Waals surface area (Å²) in [4.78, 5) is 8.22. The van der Waals surface area contributed by atoms with Crippen molar-refractivity contribution in [3.63, 3.8) is 0 Å². The zero-order chi connectivity index (χ0) is 15.1. The lowest BCUT2D eigenvalue weighted by atomic mass is 9.93. The number of hydrogen-bond donors (Lipinski definition) is 1. The SMILES string of the molecule is Cc1nc(Cl)sc1S(=O)(=O)Nc1nc(C(C)(C)C)cs1. The smallest absolute Gasteiger partial charge is 0.254 e. The molecule has 20 heavy (non-hydrogen) atoms. The van der Waals surface area contributed by atoms with Gasteiger partial charge in [-0.15, -0.1) is 11.3 Å². The van der Waals surface area contributed by atoms with E-state index in [0.29, 0.717) is 10.8 Å². The lowest BCUT2D eigenvalue weighted by molar-refractivity contribution is 0.573. The highest BCUT2D eigenvalue weighted by Crippen LogP contribution is 2.31. The summed E-state index contributed by atoms with van der Waals surface area (Å²) in [7, 11) is -3.69. The Hall–Kier alpha value is -0.700. The van der Waals surface area contributed by atoms with Gasteiger partial charge in [0.1, 0.15) is 0 Å². The minimum absolute atomic E-state index is 0.120. The Bertz CT molecular complexity index is 728. The van der Waals surface area contributed by atoms with Gasteiger partial charge < -0.3 is 0 Å². The van der Waals surface area contributed by atoms with Gasteiger partial charge in [0, 0.05) is 10.8 Å². The third-order valence-electron chi connectivity index (χ3n) is 2.47. The molecule has 0 radical (unpaired) electrons. The first-order valence-electron chi connectivity index (χ1n) is 5.71. The number of rotatable bonds is 3. The molecular weight excluding hydrogens is 338 g/mol. The van der Waals surface area contributed by atoms with Crippen LogP contribution in [0.15, 0.2) is 9.59 Å². The van der Waals surface area contributed by atoms with Gasteiger partial charge in [-0.3, -0.25) is 4.72 Å². The van der Waals surface area contributed by atoms with Crippen molar-refractivity contribution in [1.82, 2.24) is 9.97 Å². The topological polar surface area (TPSA) is 72.0 Å². The molecule has 1 N–H and O–H groups in total. The Morgan fingerprint density at radius 1 is 1.30 bits per heavy atom. The third kappa shape index (κ3) is 3.30. The maximum atomic E-state index is 12.3. The van der Waals surface area contributed by atoms with Crippen LogP contribution in [0, 0.1) is 6.92 Å². The number of nitrogens with one attached hydrogen (secondary N) is 1. The van der Waals surface area contributed by atoms with Crippen molar-refractivity contribution < 1.29 is 8.42 Å². The van der Waals surface area contributed by atoms with Crippen LogP contribution in [0.25, 0.3) is 0 Å². The normalized spacial score (nSPS) is 12.7. The van der Waals surface area contributed by atoms with Crippen LogP contribution in [0.5, 0.6) is 0 Å². The van der Waals surface area contributed by atoms with Gasteiger partial charge in [0.2, 0.25) is 0 Å². The molecule has 0 saturated heterocycles. The summed E-state index contributed by atoms with van der Waals surface area (Å²) in [6.07, 6.45) is 0. The van der Waals surface area contributed by atoms with Crippen LogP contribution in [0.1, 0.15) is 32.2 Å². The van der Waals surface area contributed by atoms with Crippen LogP contribution >= 0.6 is 34.3 Å². The molecule has 0 saturated carbocycles. The molecule has 2 aromatic rings. The molecule has 0 amide bonds. The average molecular weight is 352 g/mol. The summed E-state index contributed by atoms with van der Waals surface area (Å²) in [5.74, 6) is 0. The number of hydrogen-bond acceptors (Lipinski definition) is 6. The highest BCUT2D eigenvalue weighted by Gasteiger charge is 2.24. The van der Waals surface area contributed by atoms with Gasteiger partial charge >= 0.3 is 0 Å². The van der Waals surface area contributed by atoms with E-state index in [1.54, 1.807) is 6.92 Å². The molecule has 0 bridgehead atoms. The van der Waals surface area contributed by atoms with Crippen LogP contribution in [-0.4, -0.2) is 18.4 Å². The van der Waals surface area contributed by atoms with Crippen molar-refractivity contribution in [3.05, 3.63) is 21.2 Å². The van der Waals surface area contributed by atoms with E-state index in [1.807, 2.05) is 26.2 Å². The number of halogens is 1. The molecule has 0 aromatic carbocycles. The fourth-order valence-electron chi connectivity index (χ4n) is 1.43. The fourth-order valence-corrected chi connectivity index (χ4v) is 5.36. The van der Waals surface area contributed by atoms with Gasteiger partial charge in [0.05, 0.1) is 11.4 Å². The Morgan fingerprint density at radius 2 is 1.95 bits per heavy atom. The summed E-state index contributed by atoms with van der Waals surface area (Å²) < 4.78 is 27.3. The Morgan fingerprint density at radius 3 is 2.40 bits per heavy atom. The van der Waals surface area contributed by atoms with Gasteiger partial charge in [0.15, 0.2) is 13.8 Å². The zero-order valence-electron chi connectivity index (χ0n) is 11.4. The zero-order valence-corrected chi connectivity index (χ0v) is 14.6. The summed E-state index contributed by atoms with van der Waals surface area (Å²) in [5, 5.41) is 2.20. The van der Waals surface area contributed by atoms with Crippen LogP contribution in [0.3, 0.4) is 0 Å². The van der Waals surface area contributed by atoms with Crippen molar-refractivity contribution in [1.29, 1.82) is 0 Å². The van der Waals surface area contributed by atoms with E-state index in [-0.39, 0.29) is 14.1 Å². The molecule has 110 valence electrons. The minimum atomic E-state index is -3.69. The van der Waals surface area contributed by atoms with Crippen LogP contribution in [-0.2, 0) is 15.4 Å². The first-order chi connectivity index (χ1) is 9.09. The fraction of sp³-hybridized carbons (Fsp3) is 0.455. The summed E-state index contributed by atoms with van der Waals surface area (Å²) in [5.41, 5.74) is 1.11. The van der Waals surface area contributed by atoms with E-state index in [2.05, 4.69) is 14.7 Å². The Labute approximate surface area is 131 Å². The molecular formula is C11H14ClN3O2S3. The standard InChI is InChI=1S/C11H14ClN3O2S3/c1-6-8(19-9(12)13-6)20(16,17)15-10-14-7(5-18-10)11(2,3)4/h5H,1-4H3,(H,14,15). The summed E-state index contributed by atoms with van der Waals surface area (Å²) in [6, 6.07) is 0. The van der Waals surface area contributed by atoms with Gasteiger partial charge in [-0.05, 0) is 6.92 Å². The van der Waals surface area contributed by atoms with Crippen molar-refractivity contribution >= 4 is 49.4 Å². The average Bonchev–Trinajstić information content (AvgIpc) is 2.84. The molecule has 2 rings (SSSR count). The van der Waals surface area contributed by atoms with E-state index in [0.717, 1.165) is 17.0 Å². The van der Waals surface area contributed by atoms with Crippen molar-refractivity contribution in [2.45, 2.75) is 37.3 Å². The van der Waals surface area contributed by atoms with E-state index in [4.69, 9.17) is 11.6 Å². The third-order valence-corrected chi connectivity index (χ3v) is 6.56. The predicted octanol–water partition coefficient (Wildman–Crippen LogP) is 3.66. The first-order valence-corrected chi connectivity index (χ1v) is 9.27. The van der Waals surface area contributed by atoms with Gasteiger partial charge in [-0.2, -0.15) is 0 Å². The predicted molar refractivity (Wildman–Crippen MR) is 83.5 cm³/mol. The molecule has 0 aliphatic rings. The molecule has 2 aromatic heterocycles. The van der Waals surface area contributed by atoms with Crippen LogP contribution in [0.2, 0.25) is 4.47 Å². The van der Waals surface area contributed by atoms with Crippen LogP contribution < -0.4 is 4.72 Å². The number of aromatic nitrogens is 2. The van der Waals surface area contributed by atoms with Gasteiger partial charge in [-0.1, -0.05) is 43.7 Å². The second-order valence-electron chi connectivity index (χ2n) is 5.23. The maximum Gasteiger partial charge on any atom is 0.275 e. The lowest BCUT2D eigenvalue weighted by Crippen LogP contribution is -2.14. The molecule has 2 heterocycles. The van der Waals surface area contributed by atoms with E-state index in [9.17, 15) is 8.42 Å². The molecule has 9 heteroatoms. The Balaban J connectivity index is 2.29. The number of thiazole rings is 2. The molecule has 0 unspecified atom stereocenters. The molecule has 5 nitrogen and oxygen atoms in total. The van der Waals surface area contributed by atoms with Crippen molar-refractivity contribution in [2.24, 2.45) is 0 Å². The number of sulfonamides is 1. The first kappa shape index (κ1) is 15.7. The number of nitrogens with zero attached hydrogens (tertiary/aromatic N) is 2. The number of anilines is 1. The van der Waals surface area contributed by atoms with Crippen molar-refractivity contribution in [3.8, 4) is 0 Å². The minimum Gasteiger partial charge on any atom is -0.254 e. The van der Waals surface area contributed by atoms with E-state index in [1.165, 1.54) is 11.3 Å². The second kappa shape index (κ2) is 5.25. The monoisotopic (exact) mass is 351 g/mol. The van der Waals surface area contributed by atoms with E-state index >= 15 is 0 Å². The van der Waals surface area contributed by atoms with E-state index < -0.39 is 10.0 Å².